The molecule has 7 nitrogen and oxygen atoms in total. The van der Waals surface area contributed by atoms with Crippen molar-refractivity contribution >= 4 is 17.4 Å². The van der Waals surface area contributed by atoms with Crippen molar-refractivity contribution in [2.24, 2.45) is 0 Å². The van der Waals surface area contributed by atoms with Crippen molar-refractivity contribution < 1.29 is 24.2 Å². The van der Waals surface area contributed by atoms with Gasteiger partial charge in [0.15, 0.2) is 0 Å². The standard InChI is InChI=1S/C30H32N2O5/c1-4-36-24-15-13-22(14-16-24)28(33)26-27(32(18-17-31(2)3)30(35)29(26)34)23-11-8-12-25(19-23)37-20-21-9-6-5-7-10-21/h5-16,19,27,33H,4,17-18,20H2,1-3H3/b28-26+. The average Bonchev–Trinajstić information content (AvgIpc) is 3.16. The number of nitrogens with zero attached hydrogens (tertiary/aromatic N) is 2. The highest BCUT2D eigenvalue weighted by molar-refractivity contribution is 6.46. The van der Waals surface area contributed by atoms with Crippen LogP contribution in [0.5, 0.6) is 11.5 Å². The van der Waals surface area contributed by atoms with Gasteiger partial charge in [0.05, 0.1) is 18.2 Å². The highest BCUT2D eigenvalue weighted by Crippen LogP contribution is 2.40. The Bertz CT molecular complexity index is 1270. The normalized spacial score (nSPS) is 16.9. The lowest BCUT2D eigenvalue weighted by atomic mass is 9.95. The minimum atomic E-state index is -0.744. The van der Waals surface area contributed by atoms with Crippen LogP contribution < -0.4 is 9.47 Å². The third kappa shape index (κ3) is 6.01. The Kier molecular flexibility index (Phi) is 8.25. The Labute approximate surface area is 217 Å². The summed E-state index contributed by atoms with van der Waals surface area (Å²) < 4.78 is 11.5. The zero-order valence-corrected chi connectivity index (χ0v) is 21.4. The quantitative estimate of drug-likeness (QED) is 0.248. The summed E-state index contributed by atoms with van der Waals surface area (Å²) in [6.45, 7) is 3.69. The Hall–Kier alpha value is -4.10. The van der Waals surface area contributed by atoms with Crippen molar-refractivity contribution in [3.63, 3.8) is 0 Å². The number of amides is 1. The van der Waals surface area contributed by atoms with Crippen molar-refractivity contribution in [1.29, 1.82) is 0 Å². The number of aliphatic hydroxyl groups is 1. The molecule has 1 aliphatic heterocycles. The highest BCUT2D eigenvalue weighted by Gasteiger charge is 2.46. The first kappa shape index (κ1) is 26.0. The Morgan fingerprint density at radius 2 is 1.65 bits per heavy atom. The molecule has 4 rings (SSSR count). The van der Waals surface area contributed by atoms with Crippen molar-refractivity contribution in [3.8, 4) is 11.5 Å². The molecule has 7 heteroatoms. The number of likely N-dealkylation sites (N-methyl/N-ethyl adjacent to an activating group) is 1. The molecule has 192 valence electrons. The predicted octanol–water partition coefficient (Wildman–Crippen LogP) is 4.65. The molecular weight excluding hydrogens is 468 g/mol. The fraction of sp³-hybridized carbons (Fsp3) is 0.267. The second-order valence-electron chi connectivity index (χ2n) is 9.10. The van der Waals surface area contributed by atoms with Crippen LogP contribution in [0.2, 0.25) is 0 Å². The third-order valence-corrected chi connectivity index (χ3v) is 6.19. The summed E-state index contributed by atoms with van der Waals surface area (Å²) in [6, 6.07) is 23.3. The number of carbonyl (C=O) groups excluding carboxylic acids is 2. The van der Waals surface area contributed by atoms with Gasteiger partial charge >= 0.3 is 0 Å². The van der Waals surface area contributed by atoms with E-state index in [9.17, 15) is 14.7 Å². The SMILES string of the molecule is CCOc1ccc(/C(O)=C2\C(=O)C(=O)N(CCN(C)C)C2c2cccc(OCc3ccccc3)c2)cc1. The number of likely N-dealkylation sites (tertiary alicyclic amines) is 1. The summed E-state index contributed by atoms with van der Waals surface area (Å²) in [4.78, 5) is 29.9. The molecule has 1 amide bonds. The number of hydrogen-bond acceptors (Lipinski definition) is 6. The summed E-state index contributed by atoms with van der Waals surface area (Å²) >= 11 is 0. The first-order valence-corrected chi connectivity index (χ1v) is 12.3. The molecule has 1 unspecified atom stereocenters. The van der Waals surface area contributed by atoms with Crippen molar-refractivity contribution in [2.75, 3.05) is 33.8 Å². The second kappa shape index (κ2) is 11.8. The number of aliphatic hydroxyl groups excluding tert-OH is 1. The smallest absolute Gasteiger partial charge is 0.295 e. The second-order valence-corrected chi connectivity index (χ2v) is 9.10. The zero-order chi connectivity index (χ0) is 26.4. The maximum absolute atomic E-state index is 13.2. The molecule has 1 saturated heterocycles. The minimum Gasteiger partial charge on any atom is -0.507 e. The maximum atomic E-state index is 13.2. The average molecular weight is 501 g/mol. The van der Waals surface area contributed by atoms with E-state index in [1.54, 1.807) is 24.3 Å². The molecule has 0 saturated carbocycles. The Balaban J connectivity index is 1.72. The van der Waals surface area contributed by atoms with Gasteiger partial charge in [-0.1, -0.05) is 42.5 Å². The molecule has 0 radical (unpaired) electrons. The molecule has 1 fully saturated rings. The molecule has 1 atom stereocenters. The van der Waals surface area contributed by atoms with Gasteiger partial charge in [0.1, 0.15) is 23.9 Å². The van der Waals surface area contributed by atoms with Crippen LogP contribution in [0, 0.1) is 0 Å². The molecule has 37 heavy (non-hydrogen) atoms. The molecule has 1 N–H and O–H groups in total. The summed E-state index contributed by atoms with van der Waals surface area (Å²) in [7, 11) is 3.81. The van der Waals surface area contributed by atoms with Crippen LogP contribution in [-0.2, 0) is 16.2 Å². The summed E-state index contributed by atoms with van der Waals surface area (Å²) in [6.07, 6.45) is 0. The van der Waals surface area contributed by atoms with E-state index in [4.69, 9.17) is 9.47 Å². The van der Waals surface area contributed by atoms with Gasteiger partial charge in [0.2, 0.25) is 0 Å². The minimum absolute atomic E-state index is 0.0631. The monoisotopic (exact) mass is 500 g/mol. The van der Waals surface area contributed by atoms with Crippen LogP contribution in [0.15, 0.2) is 84.4 Å². The van der Waals surface area contributed by atoms with Crippen LogP contribution in [0.3, 0.4) is 0 Å². The van der Waals surface area contributed by atoms with Gasteiger partial charge in [0.25, 0.3) is 11.7 Å². The van der Waals surface area contributed by atoms with Crippen LogP contribution >= 0.6 is 0 Å². The number of Topliss-reactive ketones (excluding diaryl/α,β-unsaturated/α-hetero) is 1. The van der Waals surface area contributed by atoms with Gasteiger partial charge < -0.3 is 24.4 Å². The number of benzene rings is 3. The largest absolute Gasteiger partial charge is 0.507 e. The molecule has 0 aliphatic carbocycles. The maximum Gasteiger partial charge on any atom is 0.295 e. The van der Waals surface area contributed by atoms with Crippen molar-refractivity contribution in [1.82, 2.24) is 9.80 Å². The third-order valence-electron chi connectivity index (χ3n) is 6.19. The molecule has 0 spiro atoms. The first-order valence-electron chi connectivity index (χ1n) is 12.3. The Morgan fingerprint density at radius 3 is 2.32 bits per heavy atom. The van der Waals surface area contributed by atoms with Crippen molar-refractivity contribution in [3.05, 3.63) is 101 Å². The number of ketones is 1. The van der Waals surface area contributed by atoms with E-state index in [1.165, 1.54) is 4.90 Å². The van der Waals surface area contributed by atoms with E-state index >= 15 is 0 Å². The molecule has 3 aromatic rings. The van der Waals surface area contributed by atoms with Gasteiger partial charge in [0, 0.05) is 18.7 Å². The summed E-state index contributed by atoms with van der Waals surface area (Å²) in [5.41, 5.74) is 2.22. The molecule has 3 aromatic carbocycles. The van der Waals surface area contributed by atoms with E-state index in [0.717, 1.165) is 5.56 Å². The molecule has 1 aliphatic rings. The molecule has 0 aromatic heterocycles. The fourth-order valence-corrected chi connectivity index (χ4v) is 4.31. The van der Waals surface area contributed by atoms with E-state index in [2.05, 4.69) is 0 Å². The van der Waals surface area contributed by atoms with E-state index in [0.29, 0.717) is 48.9 Å². The van der Waals surface area contributed by atoms with Crippen LogP contribution in [0.25, 0.3) is 5.76 Å². The van der Waals surface area contributed by atoms with Gasteiger partial charge in [-0.15, -0.1) is 0 Å². The van der Waals surface area contributed by atoms with Gasteiger partial charge in [-0.3, -0.25) is 9.59 Å². The fourth-order valence-electron chi connectivity index (χ4n) is 4.31. The first-order chi connectivity index (χ1) is 17.9. The number of hydrogen-bond donors (Lipinski definition) is 1. The van der Waals surface area contributed by atoms with Gasteiger partial charge in [-0.25, -0.2) is 0 Å². The number of carbonyl (C=O) groups is 2. The molecule has 1 heterocycles. The molecular formula is C30H32N2O5. The lowest BCUT2D eigenvalue weighted by Gasteiger charge is -2.27. The zero-order valence-electron chi connectivity index (χ0n) is 21.4. The lowest BCUT2D eigenvalue weighted by Crippen LogP contribution is -2.35. The molecule has 0 bridgehead atoms. The van der Waals surface area contributed by atoms with E-state index in [1.807, 2.05) is 80.5 Å². The highest BCUT2D eigenvalue weighted by atomic mass is 16.5. The van der Waals surface area contributed by atoms with Gasteiger partial charge in [-0.05, 0) is 68.5 Å². The van der Waals surface area contributed by atoms with Crippen LogP contribution in [-0.4, -0.2) is 60.4 Å². The summed E-state index contributed by atoms with van der Waals surface area (Å²) in [5.74, 6) is -0.277. The number of ether oxygens (including phenoxy) is 2. The predicted molar refractivity (Wildman–Crippen MR) is 142 cm³/mol. The van der Waals surface area contributed by atoms with E-state index < -0.39 is 17.7 Å². The van der Waals surface area contributed by atoms with Crippen LogP contribution in [0.4, 0.5) is 0 Å². The Morgan fingerprint density at radius 1 is 0.919 bits per heavy atom. The van der Waals surface area contributed by atoms with E-state index in [-0.39, 0.29) is 11.3 Å². The van der Waals surface area contributed by atoms with Crippen LogP contribution in [0.1, 0.15) is 29.7 Å². The number of rotatable bonds is 10. The lowest BCUT2D eigenvalue weighted by molar-refractivity contribution is -0.140. The van der Waals surface area contributed by atoms with Crippen molar-refractivity contribution in [2.45, 2.75) is 19.6 Å². The summed E-state index contributed by atoms with van der Waals surface area (Å²) in [5, 5.41) is 11.3. The topological polar surface area (TPSA) is 79.3 Å². The van der Waals surface area contributed by atoms with Gasteiger partial charge in [-0.2, -0.15) is 0 Å².